The summed E-state index contributed by atoms with van der Waals surface area (Å²) in [6.45, 7) is 2.04. The number of carbonyl (C=O) groups excluding carboxylic acids is 2. The zero-order chi connectivity index (χ0) is 18.4. The molecule has 0 saturated heterocycles. The van der Waals surface area contributed by atoms with E-state index in [0.29, 0.717) is 23.6 Å². The molecule has 0 saturated carbocycles. The van der Waals surface area contributed by atoms with Crippen molar-refractivity contribution in [1.82, 2.24) is 5.32 Å². The van der Waals surface area contributed by atoms with Gasteiger partial charge in [0.05, 0.1) is 34.4 Å². The number of carbonyl (C=O) groups is 2. The van der Waals surface area contributed by atoms with E-state index in [9.17, 15) is 9.59 Å². The lowest BCUT2D eigenvalue weighted by atomic mass is 10.2. The van der Waals surface area contributed by atoms with Gasteiger partial charge >= 0.3 is 0 Å². The third kappa shape index (κ3) is 5.01. The predicted molar refractivity (Wildman–Crippen MR) is 99.4 cm³/mol. The maximum Gasteiger partial charge on any atom is 0.255 e. The molecule has 0 aliphatic heterocycles. The van der Waals surface area contributed by atoms with Crippen molar-refractivity contribution in [3.63, 3.8) is 0 Å². The van der Waals surface area contributed by atoms with Crippen molar-refractivity contribution in [1.29, 1.82) is 0 Å². The van der Waals surface area contributed by atoms with Crippen molar-refractivity contribution >= 4 is 46.4 Å². The molecule has 0 heterocycles. The van der Waals surface area contributed by atoms with Crippen LogP contribution < -0.4 is 21.1 Å². The fourth-order valence-corrected chi connectivity index (χ4v) is 2.54. The Labute approximate surface area is 155 Å². The minimum Gasteiger partial charge on any atom is -0.493 e. The highest BCUT2D eigenvalue weighted by Crippen LogP contribution is 2.31. The minimum atomic E-state index is -0.431. The van der Waals surface area contributed by atoms with E-state index >= 15 is 0 Å². The van der Waals surface area contributed by atoms with Crippen molar-refractivity contribution in [3.05, 3.63) is 52.0 Å². The Morgan fingerprint density at radius 1 is 1.16 bits per heavy atom. The number of hydrogen-bond donors (Lipinski definition) is 3. The fraction of sp³-hybridized carbons (Fsp3) is 0.176. The Bertz CT molecular complexity index is 773. The Balaban J connectivity index is 1.97. The number of benzene rings is 2. The molecule has 4 N–H and O–H groups in total. The van der Waals surface area contributed by atoms with Gasteiger partial charge in [0.25, 0.3) is 5.91 Å². The first-order valence-electron chi connectivity index (χ1n) is 7.46. The number of nitrogens with one attached hydrogen (secondary N) is 2. The minimum absolute atomic E-state index is 0.223. The smallest absolute Gasteiger partial charge is 0.255 e. The lowest BCUT2D eigenvalue weighted by Crippen LogP contribution is -2.33. The van der Waals surface area contributed by atoms with E-state index in [-0.39, 0.29) is 22.3 Å². The number of hydrogen-bond acceptors (Lipinski definition) is 4. The van der Waals surface area contributed by atoms with Gasteiger partial charge < -0.3 is 21.1 Å². The first-order valence-corrected chi connectivity index (χ1v) is 8.22. The summed E-state index contributed by atoms with van der Waals surface area (Å²) in [5, 5.41) is 5.59. The number of amides is 2. The predicted octanol–water partition coefficient (Wildman–Crippen LogP) is 3.34. The zero-order valence-corrected chi connectivity index (χ0v) is 14.9. The zero-order valence-electron chi connectivity index (χ0n) is 13.4. The van der Waals surface area contributed by atoms with E-state index in [4.69, 9.17) is 33.7 Å². The molecule has 0 aliphatic carbocycles. The van der Waals surface area contributed by atoms with E-state index in [0.717, 1.165) is 0 Å². The van der Waals surface area contributed by atoms with Crippen LogP contribution in [0.15, 0.2) is 36.4 Å². The molecule has 25 heavy (non-hydrogen) atoms. The Morgan fingerprint density at radius 3 is 2.44 bits per heavy atom. The van der Waals surface area contributed by atoms with Gasteiger partial charge in [-0.05, 0) is 31.2 Å². The second-order valence-corrected chi connectivity index (χ2v) is 5.83. The molecule has 6 nitrogen and oxygen atoms in total. The van der Waals surface area contributed by atoms with Crippen LogP contribution in [0.4, 0.5) is 11.4 Å². The number of nitrogens with two attached hydrogens (primary N) is 1. The van der Waals surface area contributed by atoms with Gasteiger partial charge in [-0.25, -0.2) is 0 Å². The fourth-order valence-electron chi connectivity index (χ4n) is 2.05. The van der Waals surface area contributed by atoms with Crippen LogP contribution in [-0.2, 0) is 4.79 Å². The molecule has 0 aromatic heterocycles. The summed E-state index contributed by atoms with van der Waals surface area (Å²) in [4.78, 5) is 24.2. The summed E-state index contributed by atoms with van der Waals surface area (Å²) in [6, 6.07) is 9.76. The molecule has 2 aromatic rings. The van der Waals surface area contributed by atoms with E-state index in [1.807, 2.05) is 6.92 Å². The molecule has 0 fully saturated rings. The highest BCUT2D eigenvalue weighted by molar-refractivity contribution is 6.39. The number of ether oxygens (including phenoxy) is 1. The van der Waals surface area contributed by atoms with E-state index < -0.39 is 11.8 Å². The lowest BCUT2D eigenvalue weighted by Gasteiger charge is -2.11. The molecular weight excluding hydrogens is 365 g/mol. The standard InChI is InChI=1S/C17H17Cl2N3O3/c1-2-25-14-6-4-3-5-11(14)17(24)21-9-15(23)22-10-7-12(18)16(20)13(19)8-10/h3-8H,2,9,20H2,1H3,(H,21,24)(H,22,23). The maximum atomic E-state index is 12.2. The van der Waals surface area contributed by atoms with Gasteiger partial charge in [0.1, 0.15) is 5.75 Å². The SMILES string of the molecule is CCOc1ccccc1C(=O)NCC(=O)Nc1cc(Cl)c(N)c(Cl)c1. The van der Waals surface area contributed by atoms with Gasteiger partial charge in [-0.15, -0.1) is 0 Å². The van der Waals surface area contributed by atoms with Crippen LogP contribution in [0.2, 0.25) is 10.0 Å². The molecule has 2 rings (SSSR count). The van der Waals surface area contributed by atoms with Crippen molar-refractivity contribution in [2.75, 3.05) is 24.2 Å². The van der Waals surface area contributed by atoms with Gasteiger partial charge in [0, 0.05) is 5.69 Å². The summed E-state index contributed by atoms with van der Waals surface area (Å²) >= 11 is 11.8. The molecule has 0 radical (unpaired) electrons. The van der Waals surface area contributed by atoms with Crippen LogP contribution in [0.25, 0.3) is 0 Å². The van der Waals surface area contributed by atoms with Gasteiger partial charge in [0.2, 0.25) is 5.91 Å². The number of halogens is 2. The number of para-hydroxylation sites is 1. The number of nitrogen functional groups attached to an aromatic ring is 1. The van der Waals surface area contributed by atoms with Crippen LogP contribution in [-0.4, -0.2) is 25.0 Å². The summed E-state index contributed by atoms with van der Waals surface area (Å²) in [7, 11) is 0. The quantitative estimate of drug-likeness (QED) is 0.668. The molecule has 0 bridgehead atoms. The van der Waals surface area contributed by atoms with E-state index in [2.05, 4.69) is 10.6 Å². The Kier molecular flexibility index (Phi) is 6.50. The number of rotatable bonds is 6. The van der Waals surface area contributed by atoms with Gasteiger partial charge in [-0.3, -0.25) is 9.59 Å². The second-order valence-electron chi connectivity index (χ2n) is 5.01. The highest BCUT2D eigenvalue weighted by atomic mass is 35.5. The molecule has 0 unspecified atom stereocenters. The third-order valence-electron chi connectivity index (χ3n) is 3.20. The summed E-state index contributed by atoms with van der Waals surface area (Å²) in [5.41, 5.74) is 6.62. The largest absolute Gasteiger partial charge is 0.493 e. The maximum absolute atomic E-state index is 12.2. The molecule has 132 valence electrons. The van der Waals surface area contributed by atoms with Crippen molar-refractivity contribution in [2.45, 2.75) is 6.92 Å². The van der Waals surface area contributed by atoms with E-state index in [1.165, 1.54) is 12.1 Å². The first-order chi connectivity index (χ1) is 11.9. The lowest BCUT2D eigenvalue weighted by molar-refractivity contribution is -0.115. The monoisotopic (exact) mass is 381 g/mol. The van der Waals surface area contributed by atoms with Crippen LogP contribution >= 0.6 is 23.2 Å². The highest BCUT2D eigenvalue weighted by Gasteiger charge is 2.13. The summed E-state index contributed by atoms with van der Waals surface area (Å²) in [5.74, 6) is -0.383. The average molecular weight is 382 g/mol. The van der Waals surface area contributed by atoms with E-state index in [1.54, 1.807) is 24.3 Å². The van der Waals surface area contributed by atoms with Gasteiger partial charge in [-0.2, -0.15) is 0 Å². The third-order valence-corrected chi connectivity index (χ3v) is 3.83. The van der Waals surface area contributed by atoms with Crippen molar-refractivity contribution < 1.29 is 14.3 Å². The molecule has 0 spiro atoms. The number of anilines is 2. The Hall–Kier alpha value is -2.44. The topological polar surface area (TPSA) is 93.4 Å². The van der Waals surface area contributed by atoms with Crippen LogP contribution in [0.3, 0.4) is 0 Å². The van der Waals surface area contributed by atoms with Crippen LogP contribution in [0, 0.1) is 0 Å². The molecular formula is C17H17Cl2N3O3. The average Bonchev–Trinajstić information content (AvgIpc) is 2.58. The first kappa shape index (κ1) is 18.9. The van der Waals surface area contributed by atoms with Crippen LogP contribution in [0.1, 0.15) is 17.3 Å². The molecule has 0 atom stereocenters. The van der Waals surface area contributed by atoms with Crippen molar-refractivity contribution in [2.24, 2.45) is 0 Å². The normalized spacial score (nSPS) is 10.2. The van der Waals surface area contributed by atoms with Crippen molar-refractivity contribution in [3.8, 4) is 5.75 Å². The molecule has 2 amide bonds. The Morgan fingerprint density at radius 2 is 1.80 bits per heavy atom. The van der Waals surface area contributed by atoms with Gasteiger partial charge in [-0.1, -0.05) is 35.3 Å². The molecule has 0 aliphatic rings. The molecule has 2 aromatic carbocycles. The molecule has 8 heteroatoms. The summed E-state index contributed by atoms with van der Waals surface area (Å²) < 4.78 is 5.40. The van der Waals surface area contributed by atoms with Crippen LogP contribution in [0.5, 0.6) is 5.75 Å². The second kappa shape index (κ2) is 8.60. The summed E-state index contributed by atoms with van der Waals surface area (Å²) in [6.07, 6.45) is 0. The van der Waals surface area contributed by atoms with Gasteiger partial charge in [0.15, 0.2) is 0 Å².